The monoisotopic (exact) mass is 232 g/mol. The maximum absolute atomic E-state index is 12.0. The number of aryl methyl sites for hydroxylation is 2. The Hall–Kier alpha value is -2.44. The van der Waals surface area contributed by atoms with Gasteiger partial charge in [-0.25, -0.2) is 0 Å². The number of hydrogen-bond acceptors (Lipinski definition) is 5. The number of nitrogen functional groups attached to an aromatic ring is 1. The number of carbonyl (C=O) groups excluding carboxylic acids is 1. The van der Waals surface area contributed by atoms with E-state index in [1.54, 1.807) is 19.2 Å². The molecule has 0 aliphatic rings. The molecule has 0 saturated carbocycles. The second-order valence-electron chi connectivity index (χ2n) is 3.60. The normalized spacial score (nSPS) is 10.2. The molecule has 1 amide bonds. The van der Waals surface area contributed by atoms with Crippen molar-refractivity contribution >= 4 is 17.5 Å². The van der Waals surface area contributed by atoms with E-state index in [1.807, 2.05) is 13.0 Å². The Balaban J connectivity index is 2.26. The van der Waals surface area contributed by atoms with E-state index in [1.165, 1.54) is 4.80 Å². The lowest BCUT2D eigenvalue weighted by atomic mass is 10.1. The van der Waals surface area contributed by atoms with E-state index in [-0.39, 0.29) is 11.9 Å². The smallest absolute Gasteiger partial charge is 0.270 e. The molecule has 0 bridgehead atoms. The molecule has 88 valence electrons. The van der Waals surface area contributed by atoms with Crippen LogP contribution in [0.2, 0.25) is 0 Å². The molecule has 2 aromatic rings. The molecule has 0 unspecified atom stereocenters. The molecule has 0 aliphatic carbocycles. The zero-order valence-electron chi connectivity index (χ0n) is 9.51. The fraction of sp³-hybridized carbons (Fsp3) is 0.200. The van der Waals surface area contributed by atoms with Crippen molar-refractivity contribution in [1.82, 2.24) is 20.2 Å². The van der Waals surface area contributed by atoms with Crippen LogP contribution in [0.15, 0.2) is 18.2 Å². The Kier molecular flexibility index (Phi) is 2.73. The number of nitrogens with one attached hydrogen (secondary N) is 1. The van der Waals surface area contributed by atoms with Crippen molar-refractivity contribution < 1.29 is 4.79 Å². The van der Waals surface area contributed by atoms with E-state index in [9.17, 15) is 4.79 Å². The first kappa shape index (κ1) is 11.1. The zero-order chi connectivity index (χ0) is 12.4. The van der Waals surface area contributed by atoms with Gasteiger partial charge in [0.15, 0.2) is 0 Å². The van der Waals surface area contributed by atoms with Crippen LogP contribution in [0.25, 0.3) is 0 Å². The molecule has 0 radical (unpaired) electrons. The molecule has 17 heavy (non-hydrogen) atoms. The Labute approximate surface area is 97.6 Å². The van der Waals surface area contributed by atoms with Crippen LogP contribution in [0, 0.1) is 6.92 Å². The summed E-state index contributed by atoms with van der Waals surface area (Å²) in [5.41, 5.74) is 7.41. The van der Waals surface area contributed by atoms with Crippen LogP contribution in [0.3, 0.4) is 0 Å². The van der Waals surface area contributed by atoms with Crippen LogP contribution in [-0.2, 0) is 7.05 Å². The van der Waals surface area contributed by atoms with E-state index in [0.717, 1.165) is 5.56 Å². The van der Waals surface area contributed by atoms with Crippen LogP contribution < -0.4 is 11.1 Å². The highest BCUT2D eigenvalue weighted by molar-refractivity contribution is 6.07. The lowest BCUT2D eigenvalue weighted by molar-refractivity contribution is 0.102. The summed E-state index contributed by atoms with van der Waals surface area (Å²) < 4.78 is 0. The minimum absolute atomic E-state index is 0.153. The van der Waals surface area contributed by atoms with Gasteiger partial charge in [0.05, 0.1) is 12.6 Å². The molecule has 0 saturated heterocycles. The fourth-order valence-electron chi connectivity index (χ4n) is 1.50. The van der Waals surface area contributed by atoms with Crippen LogP contribution in [0.1, 0.15) is 15.9 Å². The van der Waals surface area contributed by atoms with Crippen LogP contribution >= 0.6 is 0 Å². The molecule has 3 N–H and O–H groups in total. The molecule has 0 spiro atoms. The minimum atomic E-state index is -0.339. The predicted molar refractivity (Wildman–Crippen MR) is 62.3 cm³/mol. The quantitative estimate of drug-likeness (QED) is 0.728. The number of anilines is 2. The van der Waals surface area contributed by atoms with Crippen molar-refractivity contribution in [2.75, 3.05) is 11.1 Å². The van der Waals surface area contributed by atoms with Crippen molar-refractivity contribution in [3.05, 3.63) is 29.3 Å². The lowest BCUT2D eigenvalue weighted by Gasteiger charge is -2.07. The zero-order valence-corrected chi connectivity index (χ0v) is 9.51. The van der Waals surface area contributed by atoms with E-state index in [4.69, 9.17) is 5.73 Å². The highest BCUT2D eigenvalue weighted by atomic mass is 16.1. The van der Waals surface area contributed by atoms with Gasteiger partial charge in [-0.3, -0.25) is 10.1 Å². The molecule has 1 aromatic heterocycles. The van der Waals surface area contributed by atoms with Gasteiger partial charge in [-0.05, 0) is 23.8 Å². The number of nitrogens with zero attached hydrogens (tertiary/aromatic N) is 4. The van der Waals surface area contributed by atoms with Crippen molar-refractivity contribution in [1.29, 1.82) is 0 Å². The van der Waals surface area contributed by atoms with Gasteiger partial charge in [-0.2, -0.15) is 4.80 Å². The standard InChI is InChI=1S/C10H12N6O/c1-6-4-3-5-7(11)8(6)9(17)12-10-13-15-16(2)14-10/h3-5H,11H2,1-2H3,(H,12,14,17). The number of rotatable bonds is 2. The first-order valence-electron chi connectivity index (χ1n) is 4.98. The van der Waals surface area contributed by atoms with Gasteiger partial charge in [0.1, 0.15) is 0 Å². The van der Waals surface area contributed by atoms with E-state index < -0.39 is 0 Å². The largest absolute Gasteiger partial charge is 0.398 e. The molecular weight excluding hydrogens is 220 g/mol. The molecule has 7 heteroatoms. The van der Waals surface area contributed by atoms with Crippen LogP contribution in [0.5, 0.6) is 0 Å². The van der Waals surface area contributed by atoms with E-state index >= 15 is 0 Å². The maximum Gasteiger partial charge on any atom is 0.270 e. The topological polar surface area (TPSA) is 98.7 Å². The SMILES string of the molecule is Cc1cccc(N)c1C(=O)Nc1nnn(C)n1. The Morgan fingerprint density at radius 1 is 1.47 bits per heavy atom. The third-order valence-electron chi connectivity index (χ3n) is 2.27. The summed E-state index contributed by atoms with van der Waals surface area (Å²) in [6.07, 6.45) is 0. The number of amides is 1. The molecule has 0 atom stereocenters. The Morgan fingerprint density at radius 2 is 2.24 bits per heavy atom. The van der Waals surface area contributed by atoms with Crippen LogP contribution in [-0.4, -0.2) is 26.1 Å². The van der Waals surface area contributed by atoms with E-state index in [2.05, 4.69) is 20.7 Å². The molecule has 2 rings (SSSR count). The lowest BCUT2D eigenvalue weighted by Crippen LogP contribution is -2.16. The highest BCUT2D eigenvalue weighted by Crippen LogP contribution is 2.17. The van der Waals surface area contributed by atoms with Crippen LogP contribution in [0.4, 0.5) is 11.6 Å². The summed E-state index contributed by atoms with van der Waals surface area (Å²) in [7, 11) is 1.62. The van der Waals surface area contributed by atoms with Crippen molar-refractivity contribution in [3.63, 3.8) is 0 Å². The summed E-state index contributed by atoms with van der Waals surface area (Å²) >= 11 is 0. The fourth-order valence-corrected chi connectivity index (χ4v) is 1.50. The number of carbonyl (C=O) groups is 1. The first-order valence-corrected chi connectivity index (χ1v) is 4.98. The van der Waals surface area contributed by atoms with E-state index in [0.29, 0.717) is 11.3 Å². The molecule has 1 aromatic carbocycles. The van der Waals surface area contributed by atoms with Gasteiger partial charge in [-0.15, -0.1) is 5.10 Å². The molecule has 1 heterocycles. The number of aromatic nitrogens is 4. The third-order valence-corrected chi connectivity index (χ3v) is 2.27. The summed E-state index contributed by atoms with van der Waals surface area (Å²) in [5, 5.41) is 13.7. The molecule has 0 fully saturated rings. The van der Waals surface area contributed by atoms with Gasteiger partial charge in [0.2, 0.25) is 0 Å². The van der Waals surface area contributed by atoms with Gasteiger partial charge in [-0.1, -0.05) is 17.2 Å². The van der Waals surface area contributed by atoms with Gasteiger partial charge < -0.3 is 5.73 Å². The number of hydrogen-bond donors (Lipinski definition) is 2. The number of nitrogens with two attached hydrogens (primary N) is 1. The number of benzene rings is 1. The molecular formula is C10H12N6O. The predicted octanol–water partition coefficient (Wildman–Crippen LogP) is 0.353. The van der Waals surface area contributed by atoms with Gasteiger partial charge >= 0.3 is 0 Å². The highest BCUT2D eigenvalue weighted by Gasteiger charge is 2.14. The average Bonchev–Trinajstić information content (AvgIpc) is 2.63. The van der Waals surface area contributed by atoms with Gasteiger partial charge in [0.25, 0.3) is 11.9 Å². The van der Waals surface area contributed by atoms with Crippen molar-refractivity contribution in [3.8, 4) is 0 Å². The molecule has 7 nitrogen and oxygen atoms in total. The summed E-state index contributed by atoms with van der Waals surface area (Å²) in [6, 6.07) is 5.28. The number of tetrazole rings is 1. The average molecular weight is 232 g/mol. The second kappa shape index (κ2) is 4.20. The third kappa shape index (κ3) is 2.22. The Morgan fingerprint density at radius 3 is 2.82 bits per heavy atom. The summed E-state index contributed by atoms with van der Waals surface area (Å²) in [4.78, 5) is 13.2. The van der Waals surface area contributed by atoms with Gasteiger partial charge in [0, 0.05) is 5.69 Å². The van der Waals surface area contributed by atoms with Crippen molar-refractivity contribution in [2.24, 2.45) is 7.05 Å². The second-order valence-corrected chi connectivity index (χ2v) is 3.60. The maximum atomic E-state index is 12.0. The molecule has 0 aliphatic heterocycles. The summed E-state index contributed by atoms with van der Waals surface area (Å²) in [5.74, 6) is -0.186. The summed E-state index contributed by atoms with van der Waals surface area (Å²) in [6.45, 7) is 1.81. The van der Waals surface area contributed by atoms with Crippen molar-refractivity contribution in [2.45, 2.75) is 6.92 Å². The first-order chi connectivity index (χ1) is 8.08. The Bertz CT molecular complexity index is 541. The minimum Gasteiger partial charge on any atom is -0.398 e.